The largest absolute Gasteiger partial charge is 0.481 e. The average molecular weight is 420 g/mol. The molecule has 0 aliphatic heterocycles. The highest BCUT2D eigenvalue weighted by atomic mass is 35.5. The van der Waals surface area contributed by atoms with Crippen LogP contribution >= 0.6 is 12.4 Å². The van der Waals surface area contributed by atoms with Crippen molar-refractivity contribution in [3.05, 3.63) is 0 Å². The Hall–Kier alpha value is -0.280. The molecule has 170 valence electrons. The van der Waals surface area contributed by atoms with E-state index < -0.39 is 5.97 Å². The average Bonchev–Trinajstić information content (AvgIpc) is 2.66. The van der Waals surface area contributed by atoms with Gasteiger partial charge in [-0.2, -0.15) is 0 Å². The van der Waals surface area contributed by atoms with E-state index in [2.05, 4.69) is 25.7 Å². The summed E-state index contributed by atoms with van der Waals surface area (Å²) in [5.74, 6) is 0.284. The molecule has 1 unspecified atom stereocenters. The molecule has 0 saturated carbocycles. The van der Waals surface area contributed by atoms with E-state index in [1.165, 1.54) is 103 Å². The lowest BCUT2D eigenvalue weighted by Crippen LogP contribution is -2.25. The first kappa shape index (κ1) is 29.9. The highest BCUT2D eigenvalue weighted by molar-refractivity contribution is 5.85. The molecule has 0 fully saturated rings. The Bertz CT molecular complexity index is 322. The van der Waals surface area contributed by atoms with Crippen LogP contribution < -0.4 is 0 Å². The molecular formula is C24H50ClNO2. The van der Waals surface area contributed by atoms with Crippen molar-refractivity contribution >= 4 is 18.4 Å². The standard InChI is InChI=1S/C24H49NO2.ClH/c1-4-7-15-18-23(21-22-25(5-2)6-3)19-16-13-11-9-8-10-12-14-17-20-24(26)27;/h23H,4-22H2,1-3H3,(H,26,27);1H. The number of rotatable bonds is 21. The molecule has 28 heavy (non-hydrogen) atoms. The van der Waals surface area contributed by atoms with Gasteiger partial charge in [0.15, 0.2) is 0 Å². The number of carbonyl (C=O) groups is 1. The molecule has 0 aromatic heterocycles. The molecule has 0 heterocycles. The van der Waals surface area contributed by atoms with E-state index in [0.717, 1.165) is 18.8 Å². The number of nitrogens with zero attached hydrogens (tertiary/aromatic N) is 1. The summed E-state index contributed by atoms with van der Waals surface area (Å²) in [5, 5.41) is 8.62. The minimum atomic E-state index is -0.653. The van der Waals surface area contributed by atoms with Crippen molar-refractivity contribution in [2.24, 2.45) is 5.92 Å². The first-order valence-corrected chi connectivity index (χ1v) is 12.1. The van der Waals surface area contributed by atoms with Gasteiger partial charge >= 0.3 is 5.97 Å². The normalized spacial score (nSPS) is 12.1. The van der Waals surface area contributed by atoms with Gasteiger partial charge in [-0.3, -0.25) is 4.79 Å². The van der Waals surface area contributed by atoms with Gasteiger partial charge in [0.25, 0.3) is 0 Å². The molecular weight excluding hydrogens is 370 g/mol. The first-order valence-electron chi connectivity index (χ1n) is 12.1. The molecule has 0 rings (SSSR count). The molecule has 3 nitrogen and oxygen atoms in total. The lowest BCUT2D eigenvalue weighted by Gasteiger charge is -2.23. The van der Waals surface area contributed by atoms with Crippen LogP contribution in [0, 0.1) is 5.92 Å². The first-order chi connectivity index (χ1) is 13.1. The Morgan fingerprint density at radius 1 is 0.714 bits per heavy atom. The van der Waals surface area contributed by atoms with E-state index >= 15 is 0 Å². The van der Waals surface area contributed by atoms with Crippen LogP contribution in [0.5, 0.6) is 0 Å². The molecule has 0 aliphatic carbocycles. The van der Waals surface area contributed by atoms with Gasteiger partial charge in [-0.15, -0.1) is 12.4 Å². The zero-order valence-electron chi connectivity index (χ0n) is 19.2. The lowest BCUT2D eigenvalue weighted by molar-refractivity contribution is -0.137. The van der Waals surface area contributed by atoms with Gasteiger partial charge in [-0.25, -0.2) is 0 Å². The van der Waals surface area contributed by atoms with Crippen molar-refractivity contribution in [3.8, 4) is 0 Å². The third-order valence-electron chi connectivity index (χ3n) is 5.97. The second kappa shape index (κ2) is 23.0. The second-order valence-corrected chi connectivity index (χ2v) is 8.29. The highest BCUT2D eigenvalue weighted by Gasteiger charge is 2.10. The highest BCUT2D eigenvalue weighted by Crippen LogP contribution is 2.22. The SMILES string of the molecule is CCCCCC(CCCCCCCCCCCC(=O)O)CCN(CC)CC.Cl. The molecule has 0 saturated heterocycles. The van der Waals surface area contributed by atoms with Crippen molar-refractivity contribution in [1.82, 2.24) is 4.90 Å². The number of halogens is 1. The van der Waals surface area contributed by atoms with Crippen molar-refractivity contribution in [2.45, 2.75) is 124 Å². The quantitative estimate of drug-likeness (QED) is 0.193. The molecule has 0 aromatic rings. The summed E-state index contributed by atoms with van der Waals surface area (Å²) in [6.07, 6.45) is 20.0. The maximum absolute atomic E-state index is 10.5. The van der Waals surface area contributed by atoms with Gasteiger partial charge in [0.1, 0.15) is 0 Å². The number of carboxylic acids is 1. The molecule has 0 amide bonds. The summed E-state index contributed by atoms with van der Waals surface area (Å²) in [7, 11) is 0. The lowest BCUT2D eigenvalue weighted by atomic mass is 9.91. The minimum Gasteiger partial charge on any atom is -0.481 e. The predicted molar refractivity (Wildman–Crippen MR) is 126 cm³/mol. The molecule has 1 atom stereocenters. The third-order valence-corrected chi connectivity index (χ3v) is 5.97. The topological polar surface area (TPSA) is 40.5 Å². The van der Waals surface area contributed by atoms with E-state index in [1.54, 1.807) is 0 Å². The van der Waals surface area contributed by atoms with E-state index in [1.807, 2.05) is 0 Å². The van der Waals surface area contributed by atoms with Gasteiger partial charge in [0.2, 0.25) is 0 Å². The number of hydrogen-bond donors (Lipinski definition) is 1. The van der Waals surface area contributed by atoms with Crippen LogP contribution in [0.4, 0.5) is 0 Å². The van der Waals surface area contributed by atoms with E-state index in [-0.39, 0.29) is 12.4 Å². The van der Waals surface area contributed by atoms with Gasteiger partial charge in [-0.05, 0) is 38.4 Å². The van der Waals surface area contributed by atoms with Gasteiger partial charge in [0, 0.05) is 6.42 Å². The van der Waals surface area contributed by atoms with Crippen molar-refractivity contribution < 1.29 is 9.90 Å². The molecule has 4 heteroatoms. The summed E-state index contributed by atoms with van der Waals surface area (Å²) >= 11 is 0. The maximum atomic E-state index is 10.5. The van der Waals surface area contributed by atoms with Gasteiger partial charge in [-0.1, -0.05) is 104 Å². The Morgan fingerprint density at radius 2 is 1.18 bits per heavy atom. The maximum Gasteiger partial charge on any atom is 0.303 e. The molecule has 0 bridgehead atoms. The fraction of sp³-hybridized carbons (Fsp3) is 0.958. The Balaban J connectivity index is 0. The van der Waals surface area contributed by atoms with E-state index in [0.29, 0.717) is 6.42 Å². The van der Waals surface area contributed by atoms with E-state index in [9.17, 15) is 4.79 Å². The Labute approximate surface area is 182 Å². The summed E-state index contributed by atoms with van der Waals surface area (Å²) in [5.41, 5.74) is 0. The van der Waals surface area contributed by atoms with Crippen LogP contribution in [-0.2, 0) is 4.79 Å². The number of aliphatic carboxylic acids is 1. The molecule has 0 radical (unpaired) electrons. The number of unbranched alkanes of at least 4 members (excludes halogenated alkanes) is 10. The van der Waals surface area contributed by atoms with Crippen LogP contribution in [0.2, 0.25) is 0 Å². The molecule has 0 spiro atoms. The summed E-state index contributed by atoms with van der Waals surface area (Å²) < 4.78 is 0. The summed E-state index contributed by atoms with van der Waals surface area (Å²) in [4.78, 5) is 13.0. The van der Waals surface area contributed by atoms with Crippen LogP contribution in [0.15, 0.2) is 0 Å². The minimum absolute atomic E-state index is 0. The van der Waals surface area contributed by atoms with Crippen LogP contribution in [0.1, 0.15) is 124 Å². The zero-order valence-corrected chi connectivity index (χ0v) is 20.0. The van der Waals surface area contributed by atoms with Crippen molar-refractivity contribution in [1.29, 1.82) is 0 Å². The smallest absolute Gasteiger partial charge is 0.303 e. The fourth-order valence-corrected chi connectivity index (χ4v) is 3.97. The van der Waals surface area contributed by atoms with E-state index in [4.69, 9.17) is 5.11 Å². The molecule has 0 aromatic carbocycles. The second-order valence-electron chi connectivity index (χ2n) is 8.29. The Kier molecular flexibility index (Phi) is 24.6. The molecule has 0 aliphatic rings. The monoisotopic (exact) mass is 419 g/mol. The zero-order chi connectivity index (χ0) is 20.2. The van der Waals surface area contributed by atoms with Crippen LogP contribution in [-0.4, -0.2) is 35.6 Å². The summed E-state index contributed by atoms with van der Waals surface area (Å²) in [6, 6.07) is 0. The number of carboxylic acid groups (broad SMARTS) is 1. The van der Waals surface area contributed by atoms with Gasteiger partial charge in [0.05, 0.1) is 0 Å². The van der Waals surface area contributed by atoms with Crippen LogP contribution in [0.3, 0.4) is 0 Å². The van der Waals surface area contributed by atoms with Gasteiger partial charge < -0.3 is 10.0 Å². The predicted octanol–water partition coefficient (Wildman–Crippen LogP) is 7.71. The Morgan fingerprint density at radius 3 is 1.64 bits per heavy atom. The van der Waals surface area contributed by atoms with Crippen molar-refractivity contribution in [3.63, 3.8) is 0 Å². The summed E-state index contributed by atoms with van der Waals surface area (Å²) in [6.45, 7) is 10.5. The number of hydrogen-bond acceptors (Lipinski definition) is 2. The van der Waals surface area contributed by atoms with Crippen LogP contribution in [0.25, 0.3) is 0 Å². The third kappa shape index (κ3) is 20.5. The molecule has 1 N–H and O–H groups in total. The fourth-order valence-electron chi connectivity index (χ4n) is 3.97. The van der Waals surface area contributed by atoms with Crippen molar-refractivity contribution in [2.75, 3.05) is 19.6 Å².